The number of ether oxygens (including phenoxy) is 1. The number of likely N-dealkylation sites (tertiary alicyclic amines) is 1. The van der Waals surface area contributed by atoms with Crippen molar-refractivity contribution in [1.82, 2.24) is 4.90 Å². The van der Waals surface area contributed by atoms with Gasteiger partial charge in [0.15, 0.2) is 0 Å². The van der Waals surface area contributed by atoms with E-state index in [4.69, 9.17) is 10.5 Å². The van der Waals surface area contributed by atoms with Crippen LogP contribution in [-0.4, -0.2) is 44.3 Å². The molecule has 1 atom stereocenters. The largest absolute Gasteiger partial charge is 0.383 e. The predicted octanol–water partition coefficient (Wildman–Crippen LogP) is 0.692. The molecule has 0 aromatic carbocycles. The molecular weight excluding hydrogens is 164 g/mol. The van der Waals surface area contributed by atoms with Crippen LogP contribution in [0.15, 0.2) is 0 Å². The van der Waals surface area contributed by atoms with Crippen molar-refractivity contribution in [2.45, 2.75) is 25.8 Å². The molecule has 1 rings (SSSR count). The number of hydrogen-bond donors (Lipinski definition) is 1. The van der Waals surface area contributed by atoms with Crippen molar-refractivity contribution in [3.8, 4) is 0 Å². The molecule has 0 aromatic heterocycles. The molecule has 2 N–H and O–H groups in total. The van der Waals surface area contributed by atoms with E-state index in [0.29, 0.717) is 12.5 Å². The van der Waals surface area contributed by atoms with Crippen LogP contribution in [0.4, 0.5) is 0 Å². The lowest BCUT2D eigenvalue weighted by Gasteiger charge is -2.33. The summed E-state index contributed by atoms with van der Waals surface area (Å²) in [5, 5.41) is 0. The van der Waals surface area contributed by atoms with Crippen LogP contribution in [-0.2, 0) is 4.74 Å². The molecule has 3 heteroatoms. The summed E-state index contributed by atoms with van der Waals surface area (Å²) < 4.78 is 5.07. The van der Waals surface area contributed by atoms with Crippen molar-refractivity contribution in [2.24, 2.45) is 11.7 Å². The quantitative estimate of drug-likeness (QED) is 0.702. The van der Waals surface area contributed by atoms with Crippen LogP contribution in [0.3, 0.4) is 0 Å². The van der Waals surface area contributed by atoms with Crippen LogP contribution in [0.25, 0.3) is 0 Å². The first-order chi connectivity index (χ1) is 6.27. The number of nitrogens with zero attached hydrogens (tertiary/aromatic N) is 1. The van der Waals surface area contributed by atoms with Crippen LogP contribution >= 0.6 is 0 Å². The molecule has 0 saturated carbocycles. The molecule has 0 bridgehead atoms. The second kappa shape index (κ2) is 5.58. The summed E-state index contributed by atoms with van der Waals surface area (Å²) in [6.45, 7) is 6.51. The van der Waals surface area contributed by atoms with E-state index in [1.807, 2.05) is 0 Å². The van der Waals surface area contributed by atoms with E-state index in [-0.39, 0.29) is 6.04 Å². The normalized spacial score (nSPS) is 23.3. The summed E-state index contributed by atoms with van der Waals surface area (Å²) in [6.07, 6.45) is 2.47. The molecule has 3 nitrogen and oxygen atoms in total. The average Bonchev–Trinajstić information content (AvgIpc) is 2.18. The molecule has 0 aromatic rings. The van der Waals surface area contributed by atoms with Gasteiger partial charge in [-0.2, -0.15) is 0 Å². The lowest BCUT2D eigenvalue weighted by molar-refractivity contribution is 0.119. The van der Waals surface area contributed by atoms with E-state index in [0.717, 1.165) is 0 Å². The third-order valence-corrected chi connectivity index (χ3v) is 3.04. The fraction of sp³-hybridized carbons (Fsp3) is 1.00. The number of piperidine rings is 1. The topological polar surface area (TPSA) is 38.5 Å². The number of methoxy groups -OCH3 is 1. The van der Waals surface area contributed by atoms with Crippen LogP contribution in [0.5, 0.6) is 0 Å². The lowest BCUT2D eigenvalue weighted by Crippen LogP contribution is -2.42. The molecule has 1 fully saturated rings. The first-order valence-corrected chi connectivity index (χ1v) is 5.24. The van der Waals surface area contributed by atoms with Gasteiger partial charge in [-0.3, -0.25) is 0 Å². The number of rotatable bonds is 4. The molecule has 0 radical (unpaired) electrons. The summed E-state index contributed by atoms with van der Waals surface area (Å²) in [5.41, 5.74) is 6.00. The lowest BCUT2D eigenvalue weighted by atomic mass is 9.90. The zero-order chi connectivity index (χ0) is 9.68. The zero-order valence-corrected chi connectivity index (χ0v) is 8.83. The fourth-order valence-corrected chi connectivity index (χ4v) is 2.03. The minimum Gasteiger partial charge on any atom is -0.383 e. The van der Waals surface area contributed by atoms with Crippen molar-refractivity contribution in [2.75, 3.05) is 33.4 Å². The van der Waals surface area contributed by atoms with E-state index < -0.39 is 0 Å². The molecule has 0 amide bonds. The molecular formula is C10H22N2O. The van der Waals surface area contributed by atoms with Gasteiger partial charge < -0.3 is 15.4 Å². The Morgan fingerprint density at radius 1 is 1.46 bits per heavy atom. The number of nitrogens with two attached hydrogens (primary N) is 1. The Labute approximate surface area is 81.2 Å². The van der Waals surface area contributed by atoms with Gasteiger partial charge in [0.2, 0.25) is 0 Å². The molecule has 1 aliphatic heterocycles. The maximum Gasteiger partial charge on any atom is 0.0616 e. The minimum atomic E-state index is 0.240. The molecule has 0 spiro atoms. The van der Waals surface area contributed by atoms with Gasteiger partial charge in [-0.25, -0.2) is 0 Å². The highest BCUT2D eigenvalue weighted by molar-refractivity contribution is 4.79. The summed E-state index contributed by atoms with van der Waals surface area (Å²) in [6, 6.07) is 0.240. The maximum absolute atomic E-state index is 6.00. The third kappa shape index (κ3) is 3.25. The molecule has 13 heavy (non-hydrogen) atoms. The first kappa shape index (κ1) is 11.0. The molecule has 78 valence electrons. The summed E-state index contributed by atoms with van der Waals surface area (Å²) in [5.74, 6) is 0.669. The van der Waals surface area contributed by atoms with Crippen molar-refractivity contribution >= 4 is 0 Å². The number of hydrogen-bond acceptors (Lipinski definition) is 3. The Morgan fingerprint density at radius 2 is 2.08 bits per heavy atom. The van der Waals surface area contributed by atoms with E-state index in [9.17, 15) is 0 Å². The van der Waals surface area contributed by atoms with E-state index in [2.05, 4.69) is 11.8 Å². The highest BCUT2D eigenvalue weighted by Crippen LogP contribution is 2.19. The van der Waals surface area contributed by atoms with Crippen LogP contribution in [0.2, 0.25) is 0 Å². The Hall–Kier alpha value is -0.120. The fourth-order valence-electron chi connectivity index (χ4n) is 2.03. The van der Waals surface area contributed by atoms with Gasteiger partial charge in [-0.1, -0.05) is 6.92 Å². The van der Waals surface area contributed by atoms with E-state index in [1.54, 1.807) is 7.11 Å². The Bertz CT molecular complexity index is 133. The Morgan fingerprint density at radius 3 is 2.54 bits per heavy atom. The minimum absolute atomic E-state index is 0.240. The monoisotopic (exact) mass is 186 g/mol. The predicted molar refractivity (Wildman–Crippen MR) is 54.7 cm³/mol. The SMILES string of the molecule is CCN1CCC(C(N)COC)CC1. The first-order valence-electron chi connectivity index (χ1n) is 5.24. The second-order valence-corrected chi connectivity index (χ2v) is 3.89. The van der Waals surface area contributed by atoms with Crippen molar-refractivity contribution in [3.05, 3.63) is 0 Å². The van der Waals surface area contributed by atoms with Gasteiger partial charge in [0.25, 0.3) is 0 Å². The van der Waals surface area contributed by atoms with E-state index in [1.165, 1.54) is 32.5 Å². The summed E-state index contributed by atoms with van der Waals surface area (Å²) in [4.78, 5) is 2.48. The van der Waals surface area contributed by atoms with E-state index >= 15 is 0 Å². The van der Waals surface area contributed by atoms with Gasteiger partial charge in [-0.05, 0) is 38.4 Å². The average molecular weight is 186 g/mol. The third-order valence-electron chi connectivity index (χ3n) is 3.04. The van der Waals surface area contributed by atoms with Crippen LogP contribution in [0, 0.1) is 5.92 Å². The Balaban J connectivity index is 2.23. The Kier molecular flexibility index (Phi) is 4.70. The highest BCUT2D eigenvalue weighted by Gasteiger charge is 2.23. The van der Waals surface area contributed by atoms with Gasteiger partial charge in [-0.15, -0.1) is 0 Å². The zero-order valence-electron chi connectivity index (χ0n) is 8.83. The van der Waals surface area contributed by atoms with Crippen molar-refractivity contribution < 1.29 is 4.74 Å². The van der Waals surface area contributed by atoms with Crippen LogP contribution in [0.1, 0.15) is 19.8 Å². The smallest absolute Gasteiger partial charge is 0.0616 e. The highest BCUT2D eigenvalue weighted by atomic mass is 16.5. The van der Waals surface area contributed by atoms with Gasteiger partial charge >= 0.3 is 0 Å². The molecule has 1 unspecified atom stereocenters. The molecule has 1 heterocycles. The van der Waals surface area contributed by atoms with Gasteiger partial charge in [0.05, 0.1) is 6.61 Å². The second-order valence-electron chi connectivity index (χ2n) is 3.89. The van der Waals surface area contributed by atoms with Crippen LogP contribution < -0.4 is 5.73 Å². The van der Waals surface area contributed by atoms with Crippen molar-refractivity contribution in [3.63, 3.8) is 0 Å². The van der Waals surface area contributed by atoms with Gasteiger partial charge in [0.1, 0.15) is 0 Å². The summed E-state index contributed by atoms with van der Waals surface area (Å²) >= 11 is 0. The van der Waals surface area contributed by atoms with Crippen molar-refractivity contribution in [1.29, 1.82) is 0 Å². The summed E-state index contributed by atoms with van der Waals surface area (Å²) in [7, 11) is 1.72. The molecule has 1 saturated heterocycles. The maximum atomic E-state index is 6.00. The molecule has 0 aliphatic carbocycles. The van der Waals surface area contributed by atoms with Gasteiger partial charge in [0, 0.05) is 13.2 Å². The molecule has 1 aliphatic rings. The standard InChI is InChI=1S/C10H22N2O/c1-3-12-6-4-9(5-7-12)10(11)8-13-2/h9-10H,3-8,11H2,1-2H3.